The first-order chi connectivity index (χ1) is 8.75. The Morgan fingerprint density at radius 3 is 2.28 bits per heavy atom. The smallest absolute Gasteiger partial charge is 0.0669 e. The lowest BCUT2D eigenvalue weighted by Crippen LogP contribution is -2.34. The molecule has 1 heterocycles. The summed E-state index contributed by atoms with van der Waals surface area (Å²) in [6.07, 6.45) is 10.3. The lowest BCUT2D eigenvalue weighted by Gasteiger charge is -2.31. The van der Waals surface area contributed by atoms with E-state index in [-0.39, 0.29) is 6.10 Å². The summed E-state index contributed by atoms with van der Waals surface area (Å²) in [5.41, 5.74) is 0. The van der Waals surface area contributed by atoms with Crippen molar-refractivity contribution in [2.75, 3.05) is 11.5 Å². The highest BCUT2D eigenvalue weighted by molar-refractivity contribution is 8.07. The van der Waals surface area contributed by atoms with Gasteiger partial charge >= 0.3 is 0 Å². The van der Waals surface area contributed by atoms with Crippen molar-refractivity contribution in [3.05, 3.63) is 0 Å². The molecule has 1 saturated heterocycles. The van der Waals surface area contributed by atoms with Crippen LogP contribution in [0.3, 0.4) is 0 Å². The fourth-order valence-corrected chi connectivity index (χ4v) is 5.43. The topological polar surface area (TPSA) is 20.2 Å². The second kappa shape index (κ2) is 10.4. The number of rotatable bonds is 9. The molecule has 18 heavy (non-hydrogen) atoms. The van der Waals surface area contributed by atoms with Gasteiger partial charge in [0.1, 0.15) is 0 Å². The number of aliphatic hydroxyl groups is 1. The summed E-state index contributed by atoms with van der Waals surface area (Å²) < 4.78 is 0. The molecular formula is C15H30OS2. The van der Waals surface area contributed by atoms with Gasteiger partial charge in [-0.1, -0.05) is 58.8 Å². The van der Waals surface area contributed by atoms with E-state index in [9.17, 15) is 5.11 Å². The van der Waals surface area contributed by atoms with Crippen molar-refractivity contribution in [3.8, 4) is 0 Å². The standard InChI is InChI=1S/C15H30OS2/c1-3-4-5-6-7-8-9-10-14(16)15-13(2)17-11-12-18-15/h13-16H,3-12H2,1-2H3. The minimum absolute atomic E-state index is 0.0755. The van der Waals surface area contributed by atoms with Crippen molar-refractivity contribution in [3.63, 3.8) is 0 Å². The van der Waals surface area contributed by atoms with Crippen LogP contribution in [0.5, 0.6) is 0 Å². The third-order valence-corrected chi connectivity index (χ3v) is 6.96. The van der Waals surface area contributed by atoms with Crippen LogP contribution in [0, 0.1) is 0 Å². The Balaban J connectivity index is 2.00. The molecule has 0 bridgehead atoms. The van der Waals surface area contributed by atoms with E-state index < -0.39 is 0 Å². The Kier molecular flexibility index (Phi) is 9.70. The third kappa shape index (κ3) is 6.72. The summed E-state index contributed by atoms with van der Waals surface area (Å²) in [7, 11) is 0. The SMILES string of the molecule is CCCCCCCCCC(O)C1SCCSC1C. The van der Waals surface area contributed by atoms with Crippen molar-refractivity contribution < 1.29 is 5.11 Å². The van der Waals surface area contributed by atoms with Gasteiger partial charge in [-0.3, -0.25) is 0 Å². The molecule has 0 aromatic carbocycles. The molecule has 0 aromatic heterocycles. The zero-order valence-electron chi connectivity index (χ0n) is 12.1. The molecule has 0 saturated carbocycles. The predicted octanol–water partition coefficient (Wildman–Crippen LogP) is 4.73. The highest BCUT2D eigenvalue weighted by Gasteiger charge is 2.28. The molecule has 3 unspecified atom stereocenters. The predicted molar refractivity (Wildman–Crippen MR) is 86.8 cm³/mol. The number of thioether (sulfide) groups is 2. The molecule has 108 valence electrons. The molecular weight excluding hydrogens is 260 g/mol. The highest BCUT2D eigenvalue weighted by Crippen LogP contribution is 2.34. The van der Waals surface area contributed by atoms with E-state index in [4.69, 9.17) is 0 Å². The maximum absolute atomic E-state index is 10.3. The molecule has 3 heteroatoms. The van der Waals surface area contributed by atoms with Crippen molar-refractivity contribution >= 4 is 23.5 Å². The molecule has 0 aromatic rings. The molecule has 1 aliphatic heterocycles. The summed E-state index contributed by atoms with van der Waals surface area (Å²) in [5.74, 6) is 2.47. The van der Waals surface area contributed by atoms with Crippen LogP contribution in [0.25, 0.3) is 0 Å². The molecule has 3 atom stereocenters. The van der Waals surface area contributed by atoms with Crippen LogP contribution in [0.15, 0.2) is 0 Å². The number of aliphatic hydroxyl groups excluding tert-OH is 1. The zero-order chi connectivity index (χ0) is 13.2. The van der Waals surface area contributed by atoms with Crippen molar-refractivity contribution in [2.24, 2.45) is 0 Å². The molecule has 0 radical (unpaired) electrons. The minimum Gasteiger partial charge on any atom is -0.392 e. The van der Waals surface area contributed by atoms with E-state index in [0.29, 0.717) is 10.5 Å². The van der Waals surface area contributed by atoms with Gasteiger partial charge in [0.25, 0.3) is 0 Å². The van der Waals surface area contributed by atoms with E-state index in [0.717, 1.165) is 6.42 Å². The van der Waals surface area contributed by atoms with Crippen molar-refractivity contribution in [2.45, 2.75) is 81.8 Å². The molecule has 1 nitrogen and oxygen atoms in total. The van der Waals surface area contributed by atoms with Gasteiger partial charge in [-0.25, -0.2) is 0 Å². The van der Waals surface area contributed by atoms with E-state index in [2.05, 4.69) is 13.8 Å². The fourth-order valence-electron chi connectivity index (χ4n) is 2.55. The fraction of sp³-hybridized carbons (Fsp3) is 1.00. The third-order valence-electron chi connectivity index (χ3n) is 3.72. The Labute approximate surface area is 122 Å². The van der Waals surface area contributed by atoms with Gasteiger partial charge in [0, 0.05) is 22.0 Å². The first-order valence-electron chi connectivity index (χ1n) is 7.67. The van der Waals surface area contributed by atoms with E-state index in [1.54, 1.807) is 0 Å². The molecule has 0 spiro atoms. The molecule has 1 aliphatic rings. The van der Waals surface area contributed by atoms with Gasteiger partial charge in [-0.2, -0.15) is 23.5 Å². The number of hydrogen-bond acceptors (Lipinski definition) is 3. The van der Waals surface area contributed by atoms with Gasteiger partial charge < -0.3 is 5.11 Å². The normalized spacial score (nSPS) is 26.2. The van der Waals surface area contributed by atoms with Crippen molar-refractivity contribution in [1.82, 2.24) is 0 Å². The first kappa shape index (κ1) is 16.7. The van der Waals surface area contributed by atoms with Crippen LogP contribution < -0.4 is 0 Å². The molecule has 1 rings (SSSR count). The van der Waals surface area contributed by atoms with Gasteiger partial charge in [-0.15, -0.1) is 0 Å². The van der Waals surface area contributed by atoms with Crippen LogP contribution in [-0.2, 0) is 0 Å². The summed E-state index contributed by atoms with van der Waals surface area (Å²) in [6.45, 7) is 4.53. The van der Waals surface area contributed by atoms with Crippen LogP contribution in [0.2, 0.25) is 0 Å². The van der Waals surface area contributed by atoms with Gasteiger partial charge in [0.15, 0.2) is 0 Å². The summed E-state index contributed by atoms with van der Waals surface area (Å²) in [5, 5.41) is 11.4. The lowest BCUT2D eigenvalue weighted by molar-refractivity contribution is 0.157. The summed E-state index contributed by atoms with van der Waals surface area (Å²) in [6, 6.07) is 0. The highest BCUT2D eigenvalue weighted by atomic mass is 32.2. The number of hydrogen-bond donors (Lipinski definition) is 1. The van der Waals surface area contributed by atoms with Gasteiger partial charge in [0.05, 0.1) is 6.10 Å². The first-order valence-corrected chi connectivity index (χ1v) is 9.76. The second-order valence-corrected chi connectivity index (χ2v) is 8.16. The lowest BCUT2D eigenvalue weighted by atomic mass is 10.0. The summed E-state index contributed by atoms with van der Waals surface area (Å²) >= 11 is 4.01. The summed E-state index contributed by atoms with van der Waals surface area (Å²) in [4.78, 5) is 0. The van der Waals surface area contributed by atoms with Crippen molar-refractivity contribution in [1.29, 1.82) is 0 Å². The van der Waals surface area contributed by atoms with Gasteiger partial charge in [0.2, 0.25) is 0 Å². The van der Waals surface area contributed by atoms with Crippen LogP contribution in [0.4, 0.5) is 0 Å². The average Bonchev–Trinajstić information content (AvgIpc) is 2.38. The monoisotopic (exact) mass is 290 g/mol. The second-order valence-electron chi connectivity index (χ2n) is 5.39. The largest absolute Gasteiger partial charge is 0.392 e. The van der Waals surface area contributed by atoms with E-state index >= 15 is 0 Å². The maximum Gasteiger partial charge on any atom is 0.0669 e. The Bertz CT molecular complexity index is 199. The van der Waals surface area contributed by atoms with E-state index in [1.165, 1.54) is 56.5 Å². The van der Waals surface area contributed by atoms with E-state index in [1.807, 2.05) is 23.5 Å². The van der Waals surface area contributed by atoms with Crippen LogP contribution in [-0.4, -0.2) is 33.2 Å². The van der Waals surface area contributed by atoms with Gasteiger partial charge in [-0.05, 0) is 6.42 Å². The average molecular weight is 291 g/mol. The van der Waals surface area contributed by atoms with Crippen LogP contribution >= 0.6 is 23.5 Å². The Morgan fingerprint density at radius 1 is 1.00 bits per heavy atom. The zero-order valence-corrected chi connectivity index (χ0v) is 13.7. The number of unbranched alkanes of at least 4 members (excludes halogenated alkanes) is 6. The minimum atomic E-state index is -0.0755. The Morgan fingerprint density at radius 2 is 1.61 bits per heavy atom. The maximum atomic E-state index is 10.3. The molecule has 0 amide bonds. The quantitative estimate of drug-likeness (QED) is 0.620. The molecule has 1 N–H and O–H groups in total. The molecule has 1 fully saturated rings. The van der Waals surface area contributed by atoms with Crippen LogP contribution in [0.1, 0.15) is 65.2 Å². The Hall–Kier alpha value is 0.660. The molecule has 0 aliphatic carbocycles.